The van der Waals surface area contributed by atoms with Crippen LogP contribution in [0.1, 0.15) is 27.6 Å². The summed E-state index contributed by atoms with van der Waals surface area (Å²) in [5, 5.41) is 11.5. The number of nitrogens with zero attached hydrogens (tertiary/aromatic N) is 4. The van der Waals surface area contributed by atoms with Crippen LogP contribution in [0.2, 0.25) is 0 Å². The van der Waals surface area contributed by atoms with Crippen LogP contribution in [0.15, 0.2) is 54.6 Å². The summed E-state index contributed by atoms with van der Waals surface area (Å²) in [6.07, 6.45) is 0.878. The summed E-state index contributed by atoms with van der Waals surface area (Å²) < 4.78 is 7.28. The number of fused-ring (bicyclic) bond motifs is 2. The predicted molar refractivity (Wildman–Crippen MR) is 117 cm³/mol. The van der Waals surface area contributed by atoms with Crippen LogP contribution in [-0.2, 0) is 26.1 Å². The van der Waals surface area contributed by atoms with Gasteiger partial charge in [0.2, 0.25) is 5.82 Å². The van der Waals surface area contributed by atoms with Crippen LogP contribution in [0.25, 0.3) is 0 Å². The molecule has 0 radical (unpaired) electrons. The Morgan fingerprint density at radius 2 is 1.77 bits per heavy atom. The van der Waals surface area contributed by atoms with Crippen molar-refractivity contribution in [1.29, 1.82) is 0 Å². The zero-order valence-electron chi connectivity index (χ0n) is 17.7. The van der Waals surface area contributed by atoms with Gasteiger partial charge in [0.05, 0.1) is 7.11 Å². The van der Waals surface area contributed by atoms with Gasteiger partial charge in [0, 0.05) is 39.1 Å². The lowest BCUT2D eigenvalue weighted by Crippen LogP contribution is -2.32. The molecule has 7 heteroatoms. The predicted octanol–water partition coefficient (Wildman–Crippen LogP) is 2.52. The van der Waals surface area contributed by atoms with E-state index in [0.717, 1.165) is 49.7 Å². The Hall–Kier alpha value is -3.19. The van der Waals surface area contributed by atoms with Gasteiger partial charge in [-0.2, -0.15) is 0 Å². The summed E-state index contributed by atoms with van der Waals surface area (Å²) in [6, 6.07) is 18.2. The number of likely N-dealkylation sites (tertiary alicyclic amines) is 1. The molecule has 1 saturated heterocycles. The molecule has 2 aromatic carbocycles. The fourth-order valence-electron chi connectivity index (χ4n) is 4.76. The van der Waals surface area contributed by atoms with Gasteiger partial charge in [-0.25, -0.2) is 0 Å². The molecule has 0 spiro atoms. The number of amides is 1. The van der Waals surface area contributed by atoms with Crippen LogP contribution >= 0.6 is 0 Å². The Bertz CT molecular complexity index is 1050. The van der Waals surface area contributed by atoms with Crippen molar-refractivity contribution in [2.24, 2.45) is 11.8 Å². The largest absolute Gasteiger partial charge is 0.497 e. The zero-order chi connectivity index (χ0) is 21.2. The van der Waals surface area contributed by atoms with E-state index in [0.29, 0.717) is 24.2 Å². The number of carbonyl (C=O) groups is 1. The van der Waals surface area contributed by atoms with Crippen molar-refractivity contribution >= 4 is 5.91 Å². The van der Waals surface area contributed by atoms with Crippen molar-refractivity contribution in [2.45, 2.75) is 26.1 Å². The molecule has 1 N–H and O–H groups in total. The number of nitrogens with one attached hydrogen (secondary N) is 1. The Morgan fingerprint density at radius 3 is 2.55 bits per heavy atom. The monoisotopic (exact) mass is 417 g/mol. The van der Waals surface area contributed by atoms with Crippen LogP contribution in [0.4, 0.5) is 0 Å². The first-order chi connectivity index (χ1) is 15.2. The van der Waals surface area contributed by atoms with E-state index >= 15 is 0 Å². The first-order valence-corrected chi connectivity index (χ1v) is 10.8. The molecule has 1 amide bonds. The molecule has 5 rings (SSSR count). The van der Waals surface area contributed by atoms with Crippen molar-refractivity contribution in [3.63, 3.8) is 0 Å². The van der Waals surface area contributed by atoms with Crippen LogP contribution in [0, 0.1) is 11.8 Å². The molecule has 1 fully saturated rings. The number of ether oxygens (including phenoxy) is 1. The standard InChI is InChI=1S/C24H27N5O2/c1-31-21-9-7-18(8-10-21)13-28-14-19-11-22-26-27-23(29(22)16-20(19)15-28)24(30)25-12-17-5-3-2-4-6-17/h2-10,19-20H,11-16H2,1H3,(H,25,30)/t19-,20-/m0/s1. The zero-order valence-corrected chi connectivity index (χ0v) is 17.7. The van der Waals surface area contributed by atoms with Crippen molar-refractivity contribution in [3.05, 3.63) is 77.4 Å². The highest BCUT2D eigenvalue weighted by Gasteiger charge is 2.39. The Balaban J connectivity index is 1.22. The molecule has 0 saturated carbocycles. The van der Waals surface area contributed by atoms with Crippen LogP contribution < -0.4 is 10.1 Å². The molecule has 2 aliphatic rings. The molecule has 3 heterocycles. The molecule has 1 aromatic heterocycles. The summed E-state index contributed by atoms with van der Waals surface area (Å²) in [7, 11) is 1.69. The molecule has 0 bridgehead atoms. The number of aromatic nitrogens is 3. The van der Waals surface area contributed by atoms with Crippen LogP contribution in [0.3, 0.4) is 0 Å². The van der Waals surface area contributed by atoms with Crippen LogP contribution in [0.5, 0.6) is 5.75 Å². The normalized spacial score (nSPS) is 20.2. The van der Waals surface area contributed by atoms with Gasteiger partial charge in [-0.1, -0.05) is 42.5 Å². The summed E-state index contributed by atoms with van der Waals surface area (Å²) in [5.74, 6) is 3.16. The quantitative estimate of drug-likeness (QED) is 0.667. The number of benzene rings is 2. The Morgan fingerprint density at radius 1 is 1.00 bits per heavy atom. The van der Waals surface area contributed by atoms with Crippen molar-refractivity contribution in [2.75, 3.05) is 20.2 Å². The first-order valence-electron chi connectivity index (χ1n) is 10.8. The SMILES string of the molecule is COc1ccc(CN2C[C@@H]3Cc4nnc(C(=O)NCc5ccccc5)n4C[C@@H]3C2)cc1. The van der Waals surface area contributed by atoms with Crippen molar-refractivity contribution in [1.82, 2.24) is 25.0 Å². The average molecular weight is 418 g/mol. The fourth-order valence-corrected chi connectivity index (χ4v) is 4.76. The highest BCUT2D eigenvalue weighted by atomic mass is 16.5. The van der Waals surface area contributed by atoms with Gasteiger partial charge in [0.25, 0.3) is 5.91 Å². The van der Waals surface area contributed by atoms with Gasteiger partial charge in [-0.3, -0.25) is 9.69 Å². The second-order valence-electron chi connectivity index (χ2n) is 8.49. The minimum absolute atomic E-state index is 0.158. The maximum Gasteiger partial charge on any atom is 0.289 e. The number of rotatable bonds is 6. The van der Waals surface area contributed by atoms with Gasteiger partial charge in [-0.15, -0.1) is 10.2 Å². The maximum absolute atomic E-state index is 12.7. The minimum Gasteiger partial charge on any atom is -0.497 e. The molecule has 31 heavy (non-hydrogen) atoms. The Kier molecular flexibility index (Phi) is 5.42. The van der Waals surface area contributed by atoms with E-state index in [9.17, 15) is 4.79 Å². The third-order valence-electron chi connectivity index (χ3n) is 6.41. The third kappa shape index (κ3) is 4.18. The summed E-state index contributed by atoms with van der Waals surface area (Å²) in [5.41, 5.74) is 2.36. The summed E-state index contributed by atoms with van der Waals surface area (Å²) in [6.45, 7) is 4.31. The lowest BCUT2D eigenvalue weighted by molar-refractivity contribution is 0.0932. The molecule has 0 aliphatic carbocycles. The van der Waals surface area contributed by atoms with Gasteiger partial charge in [-0.05, 0) is 35.1 Å². The van der Waals surface area contributed by atoms with Gasteiger partial charge in [0.1, 0.15) is 11.6 Å². The molecule has 2 aliphatic heterocycles. The smallest absolute Gasteiger partial charge is 0.289 e. The summed E-state index contributed by atoms with van der Waals surface area (Å²) >= 11 is 0. The van der Waals surface area contributed by atoms with E-state index in [1.54, 1.807) is 7.11 Å². The van der Waals surface area contributed by atoms with E-state index < -0.39 is 0 Å². The highest BCUT2D eigenvalue weighted by molar-refractivity contribution is 5.90. The number of carbonyl (C=O) groups excluding carboxylic acids is 1. The van der Waals surface area contributed by atoms with E-state index in [1.165, 1.54) is 5.56 Å². The van der Waals surface area contributed by atoms with E-state index in [1.807, 2.05) is 47.0 Å². The van der Waals surface area contributed by atoms with Gasteiger partial charge >= 0.3 is 0 Å². The average Bonchev–Trinajstić information content (AvgIpc) is 3.39. The van der Waals surface area contributed by atoms with Gasteiger partial charge in [0.15, 0.2) is 0 Å². The number of methoxy groups -OCH3 is 1. The molecule has 7 nitrogen and oxygen atoms in total. The third-order valence-corrected chi connectivity index (χ3v) is 6.41. The lowest BCUT2D eigenvalue weighted by Gasteiger charge is -2.25. The molecule has 160 valence electrons. The fraction of sp³-hybridized carbons (Fsp3) is 0.375. The minimum atomic E-state index is -0.158. The number of hydrogen-bond acceptors (Lipinski definition) is 5. The van der Waals surface area contributed by atoms with Crippen molar-refractivity contribution in [3.8, 4) is 5.75 Å². The molecular formula is C24H27N5O2. The summed E-state index contributed by atoms with van der Waals surface area (Å²) in [4.78, 5) is 15.3. The highest BCUT2D eigenvalue weighted by Crippen LogP contribution is 2.33. The first kappa shape index (κ1) is 19.8. The Labute approximate surface area is 182 Å². The molecule has 2 atom stereocenters. The topological polar surface area (TPSA) is 72.3 Å². The van der Waals surface area contributed by atoms with E-state index in [-0.39, 0.29) is 5.91 Å². The second-order valence-corrected chi connectivity index (χ2v) is 8.49. The van der Waals surface area contributed by atoms with E-state index in [2.05, 4.69) is 32.5 Å². The maximum atomic E-state index is 12.7. The van der Waals surface area contributed by atoms with Crippen LogP contribution in [-0.4, -0.2) is 45.8 Å². The van der Waals surface area contributed by atoms with E-state index in [4.69, 9.17) is 4.74 Å². The molecule has 0 unspecified atom stereocenters. The second kappa shape index (κ2) is 8.51. The molecular weight excluding hydrogens is 390 g/mol. The van der Waals surface area contributed by atoms with Crippen molar-refractivity contribution < 1.29 is 9.53 Å². The number of hydrogen-bond donors (Lipinski definition) is 1. The lowest BCUT2D eigenvalue weighted by atomic mass is 9.89. The van der Waals surface area contributed by atoms with Gasteiger partial charge < -0.3 is 14.6 Å². The molecule has 3 aromatic rings.